The average molecular weight is 538 g/mol. The minimum absolute atomic E-state index is 0.0316. The molecule has 34 heavy (non-hydrogen) atoms. The number of carbonyl (C=O) groups excluding carboxylic acids is 1. The number of hydrogen-bond donors (Lipinski definition) is 1. The van der Waals surface area contributed by atoms with Gasteiger partial charge in [-0.05, 0) is 0 Å². The van der Waals surface area contributed by atoms with Crippen LogP contribution in [-0.4, -0.2) is 87.4 Å². The third kappa shape index (κ3) is 10.9. The molecule has 1 N–H and O–H groups in total. The number of ether oxygens (including phenoxy) is 5. The van der Waals surface area contributed by atoms with E-state index >= 15 is 0 Å². The number of aromatic nitrogens is 6. The minimum atomic E-state index is -0.0802. The largest absolute Gasteiger partial charge is 0.457 e. The minimum Gasteiger partial charge on any atom is -0.457 e. The van der Waals surface area contributed by atoms with E-state index in [0.29, 0.717) is 45.2 Å². The van der Waals surface area contributed by atoms with E-state index in [0.717, 1.165) is 0 Å². The fourth-order valence-corrected chi connectivity index (χ4v) is 2.37. The van der Waals surface area contributed by atoms with Gasteiger partial charge >= 0.3 is 18.0 Å². The van der Waals surface area contributed by atoms with Gasteiger partial charge in [0.1, 0.15) is 12.3 Å². The van der Waals surface area contributed by atoms with E-state index in [9.17, 15) is 4.79 Å². The molecule has 2 aromatic rings. The summed E-state index contributed by atoms with van der Waals surface area (Å²) in [6.45, 7) is 2.62. The van der Waals surface area contributed by atoms with E-state index in [-0.39, 0.29) is 49.1 Å². The predicted octanol–water partition coefficient (Wildman–Crippen LogP) is -0.390. The third-order valence-corrected chi connectivity index (χ3v) is 4.11. The van der Waals surface area contributed by atoms with Crippen LogP contribution in [0.4, 0.5) is 0 Å². The van der Waals surface area contributed by atoms with Crippen molar-refractivity contribution < 1.29 is 28.5 Å². The first-order valence-corrected chi connectivity index (χ1v) is 11.1. The van der Waals surface area contributed by atoms with Gasteiger partial charge in [-0.3, -0.25) is 4.79 Å². The smallest absolute Gasteiger partial charge is 0.326 e. The monoisotopic (exact) mass is 537 g/mol. The second-order valence-corrected chi connectivity index (χ2v) is 6.70. The van der Waals surface area contributed by atoms with E-state index < -0.39 is 0 Å². The predicted molar refractivity (Wildman–Crippen MR) is 121 cm³/mol. The Morgan fingerprint density at radius 2 is 1.59 bits per heavy atom. The van der Waals surface area contributed by atoms with Crippen molar-refractivity contribution in [3.8, 4) is 42.7 Å². The number of carbonyl (C=O) groups is 1. The van der Waals surface area contributed by atoms with E-state index in [1.807, 2.05) is 0 Å². The van der Waals surface area contributed by atoms with E-state index in [2.05, 4.69) is 58.4 Å². The van der Waals surface area contributed by atoms with Crippen molar-refractivity contribution in [3.05, 3.63) is 11.9 Å². The Morgan fingerprint density at radius 3 is 2.21 bits per heavy atom. The van der Waals surface area contributed by atoms with Gasteiger partial charge in [0.05, 0.1) is 44.5 Å². The molecule has 0 saturated heterocycles. The zero-order valence-electron chi connectivity index (χ0n) is 18.3. The lowest BCUT2D eigenvalue weighted by molar-refractivity contribution is -0.118. The summed E-state index contributed by atoms with van der Waals surface area (Å²) in [4.78, 5) is 23.0. The number of nitrogens with zero attached hydrogens (tertiary/aromatic N) is 6. The molecule has 0 aromatic carbocycles. The number of terminal acetylenes is 2. The quantitative estimate of drug-likeness (QED) is 0.160. The lowest BCUT2D eigenvalue weighted by atomic mass is 10.5. The molecule has 14 heteroatoms. The molecule has 0 fully saturated rings. The van der Waals surface area contributed by atoms with Gasteiger partial charge < -0.3 is 29.0 Å². The Morgan fingerprint density at radius 1 is 0.971 bits per heavy atom. The number of hydrogen-bond acceptors (Lipinski definition) is 11. The molecular formula is C20H24BrN7O6. The Bertz CT molecular complexity index is 939. The molecule has 13 nitrogen and oxygen atoms in total. The molecule has 0 aliphatic heterocycles. The van der Waals surface area contributed by atoms with Crippen LogP contribution in [0.1, 0.15) is 5.69 Å². The van der Waals surface area contributed by atoms with Crippen molar-refractivity contribution in [3.63, 3.8) is 0 Å². The van der Waals surface area contributed by atoms with E-state index in [1.54, 1.807) is 10.9 Å². The van der Waals surface area contributed by atoms with Crippen molar-refractivity contribution in [1.29, 1.82) is 0 Å². The zero-order chi connectivity index (χ0) is 24.4. The Labute approximate surface area is 205 Å². The van der Waals surface area contributed by atoms with Gasteiger partial charge in [0, 0.05) is 6.54 Å². The molecule has 0 spiro atoms. The van der Waals surface area contributed by atoms with Crippen LogP contribution in [-0.2, 0) is 27.4 Å². The van der Waals surface area contributed by atoms with Gasteiger partial charge in [0.25, 0.3) is 0 Å². The lowest BCUT2D eigenvalue weighted by Gasteiger charge is -2.07. The van der Waals surface area contributed by atoms with Gasteiger partial charge in [-0.25, -0.2) is 4.68 Å². The van der Waals surface area contributed by atoms with Crippen LogP contribution in [0, 0.1) is 24.7 Å². The number of amides is 1. The maximum Gasteiger partial charge on any atom is 0.326 e. The summed E-state index contributed by atoms with van der Waals surface area (Å²) in [6, 6.07) is -0.148. The second-order valence-electron chi connectivity index (χ2n) is 6.14. The van der Waals surface area contributed by atoms with Gasteiger partial charge in [0.2, 0.25) is 5.91 Å². The molecule has 2 rings (SSSR count). The summed E-state index contributed by atoms with van der Waals surface area (Å²) >= 11 is 3.07. The molecule has 1 amide bonds. The van der Waals surface area contributed by atoms with Crippen LogP contribution in [0.2, 0.25) is 0 Å². The normalized spacial score (nSPS) is 10.2. The summed E-state index contributed by atoms with van der Waals surface area (Å²) in [6.07, 6.45) is 12.1. The van der Waals surface area contributed by atoms with Gasteiger partial charge in [0.15, 0.2) is 13.2 Å². The highest BCUT2D eigenvalue weighted by Crippen LogP contribution is 2.15. The summed E-state index contributed by atoms with van der Waals surface area (Å²) in [5.41, 5.74) is 0.548. The first kappa shape index (κ1) is 26.8. The van der Waals surface area contributed by atoms with Crippen molar-refractivity contribution in [1.82, 2.24) is 35.3 Å². The van der Waals surface area contributed by atoms with Gasteiger partial charge in [-0.15, -0.1) is 32.9 Å². The fraction of sp³-hybridized carbons (Fsp3) is 0.500. The van der Waals surface area contributed by atoms with Crippen molar-refractivity contribution >= 4 is 21.8 Å². The molecule has 0 unspecified atom stereocenters. The first-order valence-electron chi connectivity index (χ1n) is 10.0. The molecule has 2 heterocycles. The average Bonchev–Trinajstić information content (AvgIpc) is 3.31. The van der Waals surface area contributed by atoms with E-state index in [4.69, 9.17) is 36.5 Å². The molecule has 0 bridgehead atoms. The van der Waals surface area contributed by atoms with Crippen LogP contribution in [0.3, 0.4) is 0 Å². The van der Waals surface area contributed by atoms with Crippen LogP contribution in [0.15, 0.2) is 6.20 Å². The Kier molecular flexibility index (Phi) is 12.8. The summed E-state index contributed by atoms with van der Waals surface area (Å²) in [7, 11) is 0. The standard InChI is InChI=1S/C20H24BrN7O6/c1-3-7-32-18-23-19(33-8-4-2)25-20(24-18)34-15-16-14-28(27-26-16)6-10-31-12-11-30-9-5-22-17(29)13-21/h1-2,14H,5-13,15H2,(H,22,29). The number of rotatable bonds is 17. The Hall–Kier alpha value is -3.46. The maximum absolute atomic E-state index is 11.0. The van der Waals surface area contributed by atoms with Gasteiger partial charge in [-0.2, -0.15) is 0 Å². The molecule has 0 atom stereocenters. The van der Waals surface area contributed by atoms with Crippen LogP contribution >= 0.6 is 15.9 Å². The maximum atomic E-state index is 11.0. The van der Waals surface area contributed by atoms with E-state index in [1.165, 1.54) is 0 Å². The van der Waals surface area contributed by atoms with Crippen molar-refractivity contribution in [2.75, 3.05) is 51.5 Å². The molecule has 0 radical (unpaired) electrons. The highest BCUT2D eigenvalue weighted by Gasteiger charge is 2.11. The van der Waals surface area contributed by atoms with Gasteiger partial charge in [-0.1, -0.05) is 33.0 Å². The highest BCUT2D eigenvalue weighted by atomic mass is 79.9. The van der Waals surface area contributed by atoms with Crippen LogP contribution in [0.5, 0.6) is 18.0 Å². The fourth-order valence-electron chi connectivity index (χ4n) is 2.17. The lowest BCUT2D eigenvalue weighted by Crippen LogP contribution is -2.28. The number of alkyl halides is 1. The highest BCUT2D eigenvalue weighted by molar-refractivity contribution is 9.09. The van der Waals surface area contributed by atoms with Crippen LogP contribution < -0.4 is 19.5 Å². The second kappa shape index (κ2) is 16.2. The van der Waals surface area contributed by atoms with Crippen molar-refractivity contribution in [2.45, 2.75) is 13.2 Å². The summed E-state index contributed by atoms with van der Waals surface area (Å²) < 4.78 is 28.4. The zero-order valence-corrected chi connectivity index (χ0v) is 19.9. The molecule has 2 aromatic heterocycles. The third-order valence-electron chi connectivity index (χ3n) is 3.60. The molecular weight excluding hydrogens is 514 g/mol. The topological polar surface area (TPSA) is 145 Å². The number of halogens is 1. The molecule has 0 saturated carbocycles. The summed E-state index contributed by atoms with van der Waals surface area (Å²) in [5.74, 6) is 4.54. The molecule has 182 valence electrons. The molecule has 0 aliphatic rings. The first-order chi connectivity index (χ1) is 16.6. The SMILES string of the molecule is C#CCOc1nc(OCC#C)nc(OCc2cn(CCOCCOCCNC(=O)CBr)nn2)n1. The Balaban J connectivity index is 1.69. The summed E-state index contributed by atoms with van der Waals surface area (Å²) in [5, 5.41) is 11.0. The molecule has 0 aliphatic carbocycles. The van der Waals surface area contributed by atoms with Crippen molar-refractivity contribution in [2.24, 2.45) is 0 Å². The van der Waals surface area contributed by atoms with Crippen LogP contribution in [0.25, 0.3) is 0 Å². The number of nitrogens with one attached hydrogen (secondary N) is 1.